The van der Waals surface area contributed by atoms with Crippen molar-refractivity contribution in [3.05, 3.63) is 12.2 Å². The van der Waals surface area contributed by atoms with Gasteiger partial charge in [0.15, 0.2) is 0 Å². The molecule has 0 spiro atoms. The van der Waals surface area contributed by atoms with E-state index >= 15 is 0 Å². The normalized spacial score (nSPS) is 26.7. The van der Waals surface area contributed by atoms with Gasteiger partial charge in [0.2, 0.25) is 0 Å². The van der Waals surface area contributed by atoms with Crippen LogP contribution in [-0.2, 0) is 0 Å². The highest BCUT2D eigenvalue weighted by molar-refractivity contribution is 5.00. The van der Waals surface area contributed by atoms with Crippen LogP contribution in [0, 0.1) is 35.5 Å². The topological polar surface area (TPSA) is 0 Å². The van der Waals surface area contributed by atoms with E-state index < -0.39 is 0 Å². The number of hydrogen-bond donors (Lipinski definition) is 0. The highest BCUT2D eigenvalue weighted by Crippen LogP contribution is 2.40. The molecule has 23 heavy (non-hydrogen) atoms. The Hall–Kier alpha value is -0.260. The summed E-state index contributed by atoms with van der Waals surface area (Å²) in [6, 6.07) is 0. The van der Waals surface area contributed by atoms with Crippen molar-refractivity contribution < 1.29 is 0 Å². The van der Waals surface area contributed by atoms with Crippen LogP contribution in [0.15, 0.2) is 12.2 Å². The molecule has 1 rings (SSSR count). The van der Waals surface area contributed by atoms with Crippen LogP contribution in [0.2, 0.25) is 0 Å². The molecule has 0 heterocycles. The van der Waals surface area contributed by atoms with Crippen LogP contribution < -0.4 is 0 Å². The summed E-state index contributed by atoms with van der Waals surface area (Å²) in [6.07, 6.45) is 12.5. The molecule has 0 heteroatoms. The van der Waals surface area contributed by atoms with Crippen LogP contribution >= 0.6 is 0 Å². The zero-order valence-corrected chi connectivity index (χ0v) is 17.0. The first-order valence-electron chi connectivity index (χ1n) is 10.6. The summed E-state index contributed by atoms with van der Waals surface area (Å²) >= 11 is 0. The largest absolute Gasteiger partial charge is 0.0996 e. The lowest BCUT2D eigenvalue weighted by molar-refractivity contribution is 0.232. The highest BCUT2D eigenvalue weighted by atomic mass is 14.3. The zero-order chi connectivity index (χ0) is 17.4. The average Bonchev–Trinajstić information content (AvgIpc) is 2.96. The van der Waals surface area contributed by atoms with Gasteiger partial charge in [-0.3, -0.25) is 0 Å². The van der Waals surface area contributed by atoms with Crippen LogP contribution in [0.4, 0.5) is 0 Å². The van der Waals surface area contributed by atoms with Crippen molar-refractivity contribution in [2.24, 2.45) is 35.5 Å². The fourth-order valence-corrected chi connectivity index (χ4v) is 4.82. The lowest BCUT2D eigenvalue weighted by Gasteiger charge is -2.30. The van der Waals surface area contributed by atoms with Gasteiger partial charge >= 0.3 is 0 Å². The SMILES string of the molecule is C=C(C[C@@H](CCC(C)[C@H]1CCC[C@H]1C)[C@@H](C)CCC)[C@H](C)CC. The molecule has 0 nitrogen and oxygen atoms in total. The molecule has 0 bridgehead atoms. The standard InChI is InChI=1S/C23H44/c1-8-11-18(4)22(16-21(7)17(3)9-2)15-14-20(6)23-13-10-12-19(23)5/h17-20,22-23H,7-16H2,1-6H3/t17-,18+,19-,20?,22-,23+/m1/s1. The van der Waals surface area contributed by atoms with Gasteiger partial charge in [0, 0.05) is 0 Å². The van der Waals surface area contributed by atoms with Gasteiger partial charge in [-0.25, -0.2) is 0 Å². The minimum atomic E-state index is 0.693. The Morgan fingerprint density at radius 2 is 1.74 bits per heavy atom. The summed E-state index contributed by atoms with van der Waals surface area (Å²) in [4.78, 5) is 0. The summed E-state index contributed by atoms with van der Waals surface area (Å²) in [5.41, 5.74) is 1.50. The van der Waals surface area contributed by atoms with Crippen LogP contribution in [0.1, 0.15) is 99.3 Å². The zero-order valence-electron chi connectivity index (χ0n) is 17.0. The maximum Gasteiger partial charge on any atom is -0.0237 e. The Kier molecular flexibility index (Phi) is 9.55. The Bertz CT molecular complexity index is 329. The van der Waals surface area contributed by atoms with E-state index in [1.165, 1.54) is 63.4 Å². The molecule has 0 radical (unpaired) electrons. The first-order chi connectivity index (χ1) is 10.9. The second kappa shape index (κ2) is 10.6. The Labute approximate surface area is 147 Å². The molecule has 1 saturated carbocycles. The molecule has 1 aliphatic carbocycles. The predicted molar refractivity (Wildman–Crippen MR) is 106 cm³/mol. The molecule has 0 aromatic carbocycles. The molecule has 0 aromatic heterocycles. The lowest BCUT2D eigenvalue weighted by Crippen LogP contribution is -2.19. The first-order valence-corrected chi connectivity index (χ1v) is 10.6. The molecule has 0 N–H and O–H groups in total. The summed E-state index contributed by atoms with van der Waals surface area (Å²) in [7, 11) is 0. The molecule has 0 amide bonds. The van der Waals surface area contributed by atoms with E-state index in [-0.39, 0.29) is 0 Å². The van der Waals surface area contributed by atoms with E-state index in [2.05, 4.69) is 48.1 Å². The third kappa shape index (κ3) is 6.63. The van der Waals surface area contributed by atoms with E-state index in [9.17, 15) is 0 Å². The van der Waals surface area contributed by atoms with Crippen LogP contribution in [0.5, 0.6) is 0 Å². The molecule has 136 valence electrons. The van der Waals surface area contributed by atoms with Crippen molar-refractivity contribution in [3.8, 4) is 0 Å². The average molecular weight is 321 g/mol. The van der Waals surface area contributed by atoms with Gasteiger partial charge < -0.3 is 0 Å². The fraction of sp³-hybridized carbons (Fsp3) is 0.913. The number of rotatable bonds is 11. The molecular formula is C23H44. The quantitative estimate of drug-likeness (QED) is 0.339. The van der Waals surface area contributed by atoms with Crippen molar-refractivity contribution >= 4 is 0 Å². The predicted octanol–water partition coefficient (Wildman–Crippen LogP) is 7.88. The van der Waals surface area contributed by atoms with Gasteiger partial charge in [0.1, 0.15) is 0 Å². The second-order valence-electron chi connectivity index (χ2n) is 8.82. The van der Waals surface area contributed by atoms with Gasteiger partial charge in [-0.05, 0) is 61.2 Å². The monoisotopic (exact) mass is 320 g/mol. The third-order valence-corrected chi connectivity index (χ3v) is 7.03. The molecule has 0 aliphatic heterocycles. The van der Waals surface area contributed by atoms with Gasteiger partial charge in [-0.2, -0.15) is 0 Å². The summed E-state index contributed by atoms with van der Waals surface area (Å²) < 4.78 is 0. The summed E-state index contributed by atoms with van der Waals surface area (Å²) in [6.45, 7) is 18.9. The van der Waals surface area contributed by atoms with Crippen LogP contribution in [0.3, 0.4) is 0 Å². The molecule has 1 unspecified atom stereocenters. The minimum Gasteiger partial charge on any atom is -0.0996 e. The van der Waals surface area contributed by atoms with Crippen molar-refractivity contribution in [1.82, 2.24) is 0 Å². The van der Waals surface area contributed by atoms with Crippen molar-refractivity contribution in [2.75, 3.05) is 0 Å². The third-order valence-electron chi connectivity index (χ3n) is 7.03. The Morgan fingerprint density at radius 1 is 1.04 bits per heavy atom. The van der Waals surface area contributed by atoms with E-state index in [1.54, 1.807) is 0 Å². The smallest absolute Gasteiger partial charge is 0.0237 e. The van der Waals surface area contributed by atoms with E-state index in [1.807, 2.05) is 0 Å². The molecule has 1 aliphatic rings. The maximum absolute atomic E-state index is 4.42. The lowest BCUT2D eigenvalue weighted by atomic mass is 9.76. The maximum atomic E-state index is 4.42. The molecule has 0 aromatic rings. The number of allylic oxidation sites excluding steroid dienone is 1. The van der Waals surface area contributed by atoms with Gasteiger partial charge in [0.25, 0.3) is 0 Å². The molecule has 0 saturated heterocycles. The van der Waals surface area contributed by atoms with E-state index in [0.717, 1.165) is 29.6 Å². The van der Waals surface area contributed by atoms with Gasteiger partial charge in [-0.15, -0.1) is 0 Å². The molecule has 1 fully saturated rings. The number of hydrogen-bond acceptors (Lipinski definition) is 0. The van der Waals surface area contributed by atoms with Crippen LogP contribution in [0.25, 0.3) is 0 Å². The minimum absolute atomic E-state index is 0.693. The van der Waals surface area contributed by atoms with E-state index in [4.69, 9.17) is 0 Å². The van der Waals surface area contributed by atoms with Crippen molar-refractivity contribution in [3.63, 3.8) is 0 Å². The van der Waals surface area contributed by atoms with Gasteiger partial charge in [0.05, 0.1) is 0 Å². The summed E-state index contributed by atoms with van der Waals surface area (Å²) in [5, 5.41) is 0. The summed E-state index contributed by atoms with van der Waals surface area (Å²) in [5.74, 6) is 5.28. The second-order valence-corrected chi connectivity index (χ2v) is 8.82. The molecular weight excluding hydrogens is 276 g/mol. The van der Waals surface area contributed by atoms with Crippen LogP contribution in [-0.4, -0.2) is 0 Å². The van der Waals surface area contributed by atoms with Crippen molar-refractivity contribution in [1.29, 1.82) is 0 Å². The highest BCUT2D eigenvalue weighted by Gasteiger charge is 2.29. The van der Waals surface area contributed by atoms with Gasteiger partial charge in [-0.1, -0.05) is 85.8 Å². The first kappa shape index (κ1) is 20.8. The molecule has 6 atom stereocenters. The van der Waals surface area contributed by atoms with E-state index in [0.29, 0.717) is 5.92 Å². The fourth-order valence-electron chi connectivity index (χ4n) is 4.82. The Morgan fingerprint density at radius 3 is 2.26 bits per heavy atom. The Balaban J connectivity index is 2.56. The van der Waals surface area contributed by atoms with Crippen molar-refractivity contribution in [2.45, 2.75) is 99.3 Å².